The van der Waals surface area contributed by atoms with Crippen LogP contribution in [0.3, 0.4) is 0 Å². The highest BCUT2D eigenvalue weighted by Crippen LogP contribution is 2.45. The van der Waals surface area contributed by atoms with E-state index in [1.54, 1.807) is 0 Å². The quantitative estimate of drug-likeness (QED) is 0.857. The third-order valence-corrected chi connectivity index (χ3v) is 5.15. The highest BCUT2D eigenvalue weighted by Gasteiger charge is 2.39. The fraction of sp³-hybridized carbons (Fsp3) is 0.824. The van der Waals surface area contributed by atoms with E-state index in [9.17, 15) is 0 Å². The molecule has 0 spiro atoms. The van der Waals surface area contributed by atoms with Gasteiger partial charge in [-0.3, -0.25) is 0 Å². The first kappa shape index (κ1) is 13.2. The van der Waals surface area contributed by atoms with Gasteiger partial charge in [-0.15, -0.1) is 0 Å². The summed E-state index contributed by atoms with van der Waals surface area (Å²) in [6.07, 6.45) is 10.5. The maximum absolute atomic E-state index is 5.04. The van der Waals surface area contributed by atoms with Crippen LogP contribution in [-0.4, -0.2) is 9.97 Å². The summed E-state index contributed by atoms with van der Waals surface area (Å²) in [5.41, 5.74) is 3.20. The summed E-state index contributed by atoms with van der Waals surface area (Å²) in [6, 6.07) is 0. The first-order chi connectivity index (χ1) is 9.09. The number of aromatic nitrogens is 2. The monoisotopic (exact) mass is 260 g/mol. The van der Waals surface area contributed by atoms with Crippen molar-refractivity contribution >= 4 is 0 Å². The van der Waals surface area contributed by atoms with Crippen molar-refractivity contribution in [1.29, 1.82) is 0 Å². The number of nitrogens with zero attached hydrogens (tertiary/aromatic N) is 1. The number of aryl methyl sites for hydroxylation is 1. The van der Waals surface area contributed by atoms with E-state index in [-0.39, 0.29) is 0 Å². The largest absolute Gasteiger partial charge is 0.345 e. The fourth-order valence-electron chi connectivity index (χ4n) is 4.28. The van der Waals surface area contributed by atoms with Crippen LogP contribution in [0, 0.1) is 11.8 Å². The van der Waals surface area contributed by atoms with Crippen LogP contribution in [0.2, 0.25) is 0 Å². The minimum absolute atomic E-state index is 0.370. The van der Waals surface area contributed by atoms with E-state index in [0.717, 1.165) is 11.8 Å². The molecule has 0 amide bonds. The number of nitrogens with one attached hydrogen (secondary N) is 1. The second-order valence-electron chi connectivity index (χ2n) is 7.44. The van der Waals surface area contributed by atoms with E-state index in [1.807, 2.05) is 0 Å². The van der Waals surface area contributed by atoms with Crippen molar-refractivity contribution < 1.29 is 0 Å². The number of aromatic amines is 1. The molecule has 3 rings (SSSR count). The molecule has 1 unspecified atom stereocenters. The lowest BCUT2D eigenvalue weighted by Crippen LogP contribution is -2.26. The molecule has 1 aromatic rings. The van der Waals surface area contributed by atoms with Crippen LogP contribution in [0.5, 0.6) is 0 Å². The van der Waals surface area contributed by atoms with Gasteiger partial charge >= 0.3 is 0 Å². The molecule has 0 bridgehead atoms. The Hall–Kier alpha value is -0.790. The highest BCUT2D eigenvalue weighted by atomic mass is 15.0. The molecule has 19 heavy (non-hydrogen) atoms. The molecule has 1 N–H and O–H groups in total. The Bertz CT molecular complexity index is 438. The molecule has 1 atom stereocenters. The number of H-pyrrole nitrogens is 1. The number of rotatable bonds is 3. The first-order valence-corrected chi connectivity index (χ1v) is 8.17. The van der Waals surface area contributed by atoms with Crippen LogP contribution < -0.4 is 0 Å². The van der Waals surface area contributed by atoms with Crippen LogP contribution in [0.25, 0.3) is 0 Å². The molecule has 1 aromatic heterocycles. The lowest BCUT2D eigenvalue weighted by atomic mass is 9.78. The summed E-state index contributed by atoms with van der Waals surface area (Å²) in [6.45, 7) is 7.07. The maximum Gasteiger partial charge on any atom is 0.112 e. The van der Waals surface area contributed by atoms with Gasteiger partial charge in [-0.2, -0.15) is 0 Å². The summed E-state index contributed by atoms with van der Waals surface area (Å²) in [5.74, 6) is 2.92. The Kier molecular flexibility index (Phi) is 3.44. The third kappa shape index (κ3) is 2.46. The molecule has 0 aliphatic heterocycles. The van der Waals surface area contributed by atoms with Crippen LogP contribution in [0.15, 0.2) is 0 Å². The normalized spacial score (nSPS) is 25.8. The molecule has 2 heteroatoms. The lowest BCUT2D eigenvalue weighted by molar-refractivity contribution is 0.330. The number of hydrogen-bond donors (Lipinski definition) is 1. The molecule has 2 aliphatic rings. The molecular weight excluding hydrogens is 232 g/mol. The Morgan fingerprint density at radius 2 is 2.05 bits per heavy atom. The molecule has 2 nitrogen and oxygen atoms in total. The van der Waals surface area contributed by atoms with E-state index in [0.29, 0.717) is 5.41 Å². The van der Waals surface area contributed by atoms with Crippen molar-refractivity contribution in [3.63, 3.8) is 0 Å². The van der Waals surface area contributed by atoms with E-state index >= 15 is 0 Å². The average molecular weight is 260 g/mol. The molecular formula is C17H28N2. The second-order valence-corrected chi connectivity index (χ2v) is 7.44. The van der Waals surface area contributed by atoms with Gasteiger partial charge in [0.15, 0.2) is 0 Å². The molecule has 2 aliphatic carbocycles. The van der Waals surface area contributed by atoms with Gasteiger partial charge in [-0.1, -0.05) is 33.6 Å². The maximum atomic E-state index is 5.04. The van der Waals surface area contributed by atoms with Crippen molar-refractivity contribution in [2.75, 3.05) is 0 Å². The molecule has 106 valence electrons. The number of imidazole rings is 1. The van der Waals surface area contributed by atoms with Gasteiger partial charge in [-0.05, 0) is 50.4 Å². The van der Waals surface area contributed by atoms with Gasteiger partial charge in [0, 0.05) is 11.1 Å². The minimum Gasteiger partial charge on any atom is -0.345 e. The van der Waals surface area contributed by atoms with E-state index < -0.39 is 0 Å². The average Bonchev–Trinajstić information content (AvgIpc) is 2.94. The summed E-state index contributed by atoms with van der Waals surface area (Å²) >= 11 is 0. The Labute approximate surface area is 117 Å². The number of fused-ring (bicyclic) bond motifs is 1. The third-order valence-electron chi connectivity index (χ3n) is 5.15. The summed E-state index contributed by atoms with van der Waals surface area (Å²) in [4.78, 5) is 8.78. The summed E-state index contributed by atoms with van der Waals surface area (Å²) < 4.78 is 0. The second kappa shape index (κ2) is 4.96. The van der Waals surface area contributed by atoms with Crippen molar-refractivity contribution in [2.45, 2.75) is 77.6 Å². The molecule has 0 radical (unpaired) electrons. The van der Waals surface area contributed by atoms with E-state index in [2.05, 4.69) is 25.8 Å². The van der Waals surface area contributed by atoms with Crippen LogP contribution in [0.1, 0.15) is 76.5 Å². The van der Waals surface area contributed by atoms with Crippen molar-refractivity contribution in [3.05, 3.63) is 17.2 Å². The topological polar surface area (TPSA) is 28.7 Å². The minimum atomic E-state index is 0.370. The van der Waals surface area contributed by atoms with Crippen LogP contribution >= 0.6 is 0 Å². The highest BCUT2D eigenvalue weighted by molar-refractivity contribution is 5.23. The predicted molar refractivity (Wildman–Crippen MR) is 79.4 cm³/mol. The Morgan fingerprint density at radius 1 is 1.32 bits per heavy atom. The summed E-state index contributed by atoms with van der Waals surface area (Å²) in [5, 5.41) is 0. The van der Waals surface area contributed by atoms with Crippen molar-refractivity contribution in [2.24, 2.45) is 11.8 Å². The van der Waals surface area contributed by atoms with Crippen LogP contribution in [0.4, 0.5) is 0 Å². The zero-order chi connectivity index (χ0) is 13.5. The zero-order valence-electron chi connectivity index (χ0n) is 12.8. The van der Waals surface area contributed by atoms with Gasteiger partial charge in [0.2, 0.25) is 0 Å². The Morgan fingerprint density at radius 3 is 2.74 bits per heavy atom. The number of hydrogen-bond acceptors (Lipinski definition) is 1. The SMILES string of the molecule is CC(C)CC1(c2nc3c([nH]2)CC(C)CC3)CCCC1. The van der Waals surface area contributed by atoms with Gasteiger partial charge < -0.3 is 4.98 Å². The molecule has 1 fully saturated rings. The molecule has 0 aromatic carbocycles. The predicted octanol–water partition coefficient (Wildman–Crippen LogP) is 4.39. The Balaban J connectivity index is 1.91. The summed E-state index contributed by atoms with van der Waals surface area (Å²) in [7, 11) is 0. The standard InChI is InChI=1S/C17H28N2/c1-12(2)11-17(8-4-5-9-17)16-18-14-7-6-13(3)10-15(14)19-16/h12-13H,4-11H2,1-3H3,(H,18,19). The first-order valence-electron chi connectivity index (χ1n) is 8.17. The lowest BCUT2D eigenvalue weighted by Gasteiger charge is -2.28. The van der Waals surface area contributed by atoms with Gasteiger partial charge in [-0.25, -0.2) is 4.98 Å². The van der Waals surface area contributed by atoms with Gasteiger partial charge in [0.25, 0.3) is 0 Å². The van der Waals surface area contributed by atoms with Gasteiger partial charge in [0.05, 0.1) is 5.69 Å². The van der Waals surface area contributed by atoms with Crippen LogP contribution in [-0.2, 0) is 18.3 Å². The smallest absolute Gasteiger partial charge is 0.112 e. The fourth-order valence-corrected chi connectivity index (χ4v) is 4.28. The molecule has 1 heterocycles. The zero-order valence-corrected chi connectivity index (χ0v) is 12.8. The van der Waals surface area contributed by atoms with E-state index in [4.69, 9.17) is 4.98 Å². The van der Waals surface area contributed by atoms with E-state index in [1.165, 1.54) is 68.6 Å². The van der Waals surface area contributed by atoms with Crippen molar-refractivity contribution in [1.82, 2.24) is 9.97 Å². The van der Waals surface area contributed by atoms with Gasteiger partial charge in [0.1, 0.15) is 5.82 Å². The van der Waals surface area contributed by atoms with Crippen molar-refractivity contribution in [3.8, 4) is 0 Å². The molecule has 0 saturated heterocycles. The molecule has 1 saturated carbocycles.